The number of nitrogens with one attached hydrogen (secondary N) is 3. The van der Waals surface area contributed by atoms with Crippen LogP contribution in [0.1, 0.15) is 22.8 Å². The molecule has 2 heterocycles. The highest BCUT2D eigenvalue weighted by Gasteiger charge is 2.18. The van der Waals surface area contributed by atoms with Gasteiger partial charge in [-0.2, -0.15) is 0 Å². The van der Waals surface area contributed by atoms with Gasteiger partial charge in [0.05, 0.1) is 15.8 Å². The zero-order chi connectivity index (χ0) is 30.2. The third kappa shape index (κ3) is 8.25. The van der Waals surface area contributed by atoms with Gasteiger partial charge in [-0.1, -0.05) is 42.5 Å². The van der Waals surface area contributed by atoms with Crippen molar-refractivity contribution in [3.8, 4) is 10.6 Å². The SMILES string of the molecule is CC(Sc1cccc(NC(=O)/C(=C/c2ccc(F)cc2)NC(=O)c2ccccc2)c1)C(=O)Nc1nc(-c2cccs2)cs1. The summed E-state index contributed by atoms with van der Waals surface area (Å²) < 4.78 is 13.4. The molecule has 0 aliphatic carbocycles. The Morgan fingerprint density at radius 1 is 0.907 bits per heavy atom. The second-order valence-electron chi connectivity index (χ2n) is 9.18. The van der Waals surface area contributed by atoms with Crippen molar-refractivity contribution in [1.82, 2.24) is 10.3 Å². The van der Waals surface area contributed by atoms with Gasteiger partial charge in [-0.3, -0.25) is 14.4 Å². The Hall–Kier alpha value is -4.58. The molecule has 3 N–H and O–H groups in total. The van der Waals surface area contributed by atoms with E-state index in [1.807, 2.05) is 29.0 Å². The molecule has 0 aliphatic rings. The molecule has 1 atom stereocenters. The fourth-order valence-corrected chi connectivity index (χ4v) is 6.25. The van der Waals surface area contributed by atoms with E-state index in [-0.39, 0.29) is 11.6 Å². The fraction of sp³-hybridized carbons (Fsp3) is 0.0625. The Morgan fingerprint density at radius 2 is 1.70 bits per heavy atom. The Kier molecular flexibility index (Phi) is 9.77. The number of carbonyl (C=O) groups excluding carboxylic acids is 3. The number of aromatic nitrogens is 1. The Morgan fingerprint density at radius 3 is 2.44 bits per heavy atom. The minimum Gasteiger partial charge on any atom is -0.321 e. The number of carbonyl (C=O) groups is 3. The number of thiazole rings is 1. The number of anilines is 2. The first-order valence-corrected chi connectivity index (χ1v) is 15.7. The molecule has 0 saturated carbocycles. The maximum absolute atomic E-state index is 13.4. The van der Waals surface area contributed by atoms with Crippen molar-refractivity contribution in [2.45, 2.75) is 17.1 Å². The fourth-order valence-electron chi connectivity index (χ4n) is 3.85. The molecular weight excluding hydrogens is 604 g/mol. The van der Waals surface area contributed by atoms with Gasteiger partial charge < -0.3 is 16.0 Å². The summed E-state index contributed by atoms with van der Waals surface area (Å²) in [5.74, 6) is -1.63. The van der Waals surface area contributed by atoms with Crippen LogP contribution < -0.4 is 16.0 Å². The maximum Gasteiger partial charge on any atom is 0.272 e. The van der Waals surface area contributed by atoms with Crippen LogP contribution in [-0.4, -0.2) is 28.0 Å². The van der Waals surface area contributed by atoms with Crippen LogP contribution in [-0.2, 0) is 9.59 Å². The van der Waals surface area contributed by atoms with Crippen molar-refractivity contribution in [2.24, 2.45) is 0 Å². The van der Waals surface area contributed by atoms with Gasteiger partial charge in [0.1, 0.15) is 11.5 Å². The van der Waals surface area contributed by atoms with E-state index in [1.165, 1.54) is 53.4 Å². The quantitative estimate of drug-likeness (QED) is 0.110. The smallest absolute Gasteiger partial charge is 0.272 e. The van der Waals surface area contributed by atoms with Gasteiger partial charge >= 0.3 is 0 Å². The van der Waals surface area contributed by atoms with Gasteiger partial charge in [0, 0.05) is 21.5 Å². The van der Waals surface area contributed by atoms with Crippen molar-refractivity contribution in [2.75, 3.05) is 10.6 Å². The molecular formula is C32H25FN4O3S3. The summed E-state index contributed by atoms with van der Waals surface area (Å²) in [6.07, 6.45) is 1.48. The van der Waals surface area contributed by atoms with Crippen molar-refractivity contribution in [1.29, 1.82) is 0 Å². The highest BCUT2D eigenvalue weighted by Crippen LogP contribution is 2.30. The van der Waals surface area contributed by atoms with Crippen molar-refractivity contribution >= 4 is 69.1 Å². The highest BCUT2D eigenvalue weighted by atomic mass is 32.2. The zero-order valence-corrected chi connectivity index (χ0v) is 25.2. The first-order valence-electron chi connectivity index (χ1n) is 13.1. The molecule has 5 rings (SSSR count). The van der Waals surface area contributed by atoms with E-state index < -0.39 is 22.9 Å². The Balaban J connectivity index is 1.26. The molecule has 5 aromatic rings. The van der Waals surface area contributed by atoms with Crippen LogP contribution in [0.4, 0.5) is 15.2 Å². The average molecular weight is 629 g/mol. The minimum atomic E-state index is -0.563. The van der Waals surface area contributed by atoms with E-state index in [9.17, 15) is 18.8 Å². The number of nitrogens with zero attached hydrogens (tertiary/aromatic N) is 1. The van der Waals surface area contributed by atoms with Crippen LogP contribution in [0.5, 0.6) is 0 Å². The number of rotatable bonds is 10. The van der Waals surface area contributed by atoms with E-state index >= 15 is 0 Å². The summed E-state index contributed by atoms with van der Waals surface area (Å²) in [7, 11) is 0. The van der Waals surface area contributed by atoms with Gasteiger partial charge in [0.15, 0.2) is 5.13 Å². The van der Waals surface area contributed by atoms with Crippen LogP contribution >= 0.6 is 34.4 Å². The normalized spacial score (nSPS) is 11.9. The molecule has 3 aromatic carbocycles. The van der Waals surface area contributed by atoms with Crippen LogP contribution in [0.25, 0.3) is 16.6 Å². The van der Waals surface area contributed by atoms with Crippen LogP contribution in [0.2, 0.25) is 0 Å². The average Bonchev–Trinajstić information content (AvgIpc) is 3.71. The minimum absolute atomic E-state index is 0.0170. The number of halogens is 1. The lowest BCUT2D eigenvalue weighted by molar-refractivity contribution is -0.115. The summed E-state index contributed by atoms with van der Waals surface area (Å²) in [4.78, 5) is 45.4. The lowest BCUT2D eigenvalue weighted by atomic mass is 10.1. The molecule has 7 nitrogen and oxygen atoms in total. The first-order chi connectivity index (χ1) is 20.8. The molecule has 3 amide bonds. The number of hydrogen-bond acceptors (Lipinski definition) is 7. The number of thiophene rings is 1. The van der Waals surface area contributed by atoms with E-state index in [2.05, 4.69) is 20.9 Å². The van der Waals surface area contributed by atoms with E-state index in [4.69, 9.17) is 0 Å². The topological polar surface area (TPSA) is 100 Å². The molecule has 43 heavy (non-hydrogen) atoms. The van der Waals surface area contributed by atoms with Crippen LogP contribution in [0, 0.1) is 5.82 Å². The van der Waals surface area contributed by atoms with Crippen molar-refractivity contribution < 1.29 is 18.8 Å². The zero-order valence-electron chi connectivity index (χ0n) is 22.7. The molecule has 0 spiro atoms. The molecule has 0 radical (unpaired) electrons. The van der Waals surface area contributed by atoms with E-state index in [1.54, 1.807) is 66.8 Å². The Bertz CT molecular complexity index is 1750. The van der Waals surface area contributed by atoms with Crippen LogP contribution in [0.15, 0.2) is 112 Å². The number of hydrogen-bond donors (Lipinski definition) is 3. The van der Waals surface area contributed by atoms with Gasteiger partial charge in [-0.15, -0.1) is 34.4 Å². The predicted molar refractivity (Wildman–Crippen MR) is 173 cm³/mol. The standard InChI is InChI=1S/C32H25FN4O3S3/c1-20(29(38)37-32-36-27(19-42-32)28-11-6-16-41-28)43-25-10-5-9-24(18-25)34-31(40)26(17-21-12-14-23(33)15-13-21)35-30(39)22-7-3-2-4-8-22/h2-20H,1H3,(H,34,40)(H,35,39)(H,36,37,38)/b26-17-. The van der Waals surface area contributed by atoms with Gasteiger partial charge in [-0.25, -0.2) is 9.37 Å². The summed E-state index contributed by atoms with van der Waals surface area (Å²) >= 11 is 4.29. The molecule has 11 heteroatoms. The van der Waals surface area contributed by atoms with Gasteiger partial charge in [-0.05, 0) is 72.5 Å². The summed E-state index contributed by atoms with van der Waals surface area (Å²) in [6.45, 7) is 1.79. The van der Waals surface area contributed by atoms with E-state index in [0.717, 1.165) is 15.5 Å². The molecule has 0 saturated heterocycles. The lowest BCUT2D eigenvalue weighted by Gasteiger charge is -2.13. The molecule has 0 bridgehead atoms. The monoisotopic (exact) mass is 628 g/mol. The van der Waals surface area contributed by atoms with Gasteiger partial charge in [0.25, 0.3) is 11.8 Å². The number of amides is 3. The van der Waals surface area contributed by atoms with E-state index in [0.29, 0.717) is 21.9 Å². The third-order valence-electron chi connectivity index (χ3n) is 5.99. The maximum atomic E-state index is 13.4. The predicted octanol–water partition coefficient (Wildman–Crippen LogP) is 7.54. The largest absolute Gasteiger partial charge is 0.321 e. The molecule has 1 unspecified atom stereocenters. The summed E-state index contributed by atoms with van der Waals surface area (Å²) in [5.41, 5.74) is 2.20. The second-order valence-corrected chi connectivity index (χ2v) is 12.4. The number of benzene rings is 3. The second kappa shape index (κ2) is 14.1. The molecule has 216 valence electrons. The first kappa shape index (κ1) is 29.9. The van der Waals surface area contributed by atoms with Crippen molar-refractivity contribution in [3.63, 3.8) is 0 Å². The summed E-state index contributed by atoms with van der Waals surface area (Å²) in [5, 5.41) is 12.3. The van der Waals surface area contributed by atoms with Gasteiger partial charge in [0.2, 0.25) is 5.91 Å². The summed E-state index contributed by atoms with van der Waals surface area (Å²) in [6, 6.07) is 25.1. The molecule has 2 aromatic heterocycles. The molecule has 0 fully saturated rings. The van der Waals surface area contributed by atoms with Crippen molar-refractivity contribution in [3.05, 3.63) is 124 Å². The Labute approximate surface area is 259 Å². The molecule has 0 aliphatic heterocycles. The number of thioether (sulfide) groups is 1. The van der Waals surface area contributed by atoms with Crippen LogP contribution in [0.3, 0.4) is 0 Å². The third-order valence-corrected chi connectivity index (χ3v) is 8.74. The highest BCUT2D eigenvalue weighted by molar-refractivity contribution is 8.00. The lowest BCUT2D eigenvalue weighted by Crippen LogP contribution is -2.30.